The smallest absolute Gasteiger partial charge is 0.407 e. The summed E-state index contributed by atoms with van der Waals surface area (Å²) in [5.74, 6) is 3.32. The molecule has 0 aromatic carbocycles. The maximum Gasteiger partial charge on any atom is 0.407 e. The van der Waals surface area contributed by atoms with Gasteiger partial charge in [0.2, 0.25) is 0 Å². The average molecular weight is 436 g/mol. The lowest BCUT2D eigenvalue weighted by Gasteiger charge is -2.62. The number of nitrogens with one attached hydrogen (secondary N) is 1. The number of carbonyl (C=O) groups excluding carboxylic acids is 1. The summed E-state index contributed by atoms with van der Waals surface area (Å²) in [5.41, 5.74) is 0.584. The Morgan fingerprint density at radius 2 is 1.77 bits per heavy atom. The van der Waals surface area contributed by atoms with E-state index < -0.39 is 0 Å². The molecule has 4 rings (SSSR count). The number of rotatable bonds is 5. The molecule has 3 N–H and O–H groups in total. The van der Waals surface area contributed by atoms with Crippen LogP contribution in [0.2, 0.25) is 0 Å². The van der Waals surface area contributed by atoms with E-state index in [0.717, 1.165) is 32.1 Å². The van der Waals surface area contributed by atoms with Crippen LogP contribution in [0.15, 0.2) is 0 Å². The van der Waals surface area contributed by atoms with Gasteiger partial charge in [-0.05, 0) is 111 Å². The summed E-state index contributed by atoms with van der Waals surface area (Å²) in [5, 5.41) is 24.5. The first-order valence-electron chi connectivity index (χ1n) is 13.0. The summed E-state index contributed by atoms with van der Waals surface area (Å²) in [7, 11) is 0. The zero-order chi connectivity index (χ0) is 22.4. The molecule has 4 aliphatic carbocycles. The van der Waals surface area contributed by atoms with E-state index in [1.807, 2.05) is 6.92 Å². The highest BCUT2D eigenvalue weighted by atomic mass is 16.5. The predicted octanol–water partition coefficient (Wildman–Crippen LogP) is 4.75. The van der Waals surface area contributed by atoms with E-state index in [9.17, 15) is 15.0 Å². The van der Waals surface area contributed by atoms with Gasteiger partial charge in [-0.3, -0.25) is 0 Å². The molecule has 31 heavy (non-hydrogen) atoms. The lowest BCUT2D eigenvalue weighted by atomic mass is 9.43. The second-order valence-electron chi connectivity index (χ2n) is 11.9. The minimum Gasteiger partial charge on any atom is -0.450 e. The monoisotopic (exact) mass is 435 g/mol. The minimum atomic E-state index is -0.309. The molecular weight excluding hydrogens is 390 g/mol. The second kappa shape index (κ2) is 8.85. The zero-order valence-electron chi connectivity index (χ0n) is 20.1. The predicted molar refractivity (Wildman–Crippen MR) is 121 cm³/mol. The molecule has 0 radical (unpaired) electrons. The number of ether oxygens (including phenoxy) is 1. The summed E-state index contributed by atoms with van der Waals surface area (Å²) >= 11 is 0. The van der Waals surface area contributed by atoms with Crippen molar-refractivity contribution in [2.75, 3.05) is 13.2 Å². The number of carbonyl (C=O) groups is 1. The molecule has 0 spiro atoms. The van der Waals surface area contributed by atoms with E-state index in [0.29, 0.717) is 54.1 Å². The van der Waals surface area contributed by atoms with Gasteiger partial charge in [-0.1, -0.05) is 20.8 Å². The Morgan fingerprint density at radius 1 is 1.06 bits per heavy atom. The van der Waals surface area contributed by atoms with Gasteiger partial charge in [-0.15, -0.1) is 0 Å². The van der Waals surface area contributed by atoms with E-state index in [1.54, 1.807) is 0 Å². The van der Waals surface area contributed by atoms with Crippen molar-refractivity contribution in [1.82, 2.24) is 5.32 Å². The molecule has 0 bridgehead atoms. The fourth-order valence-electron chi connectivity index (χ4n) is 8.96. The Kier molecular flexibility index (Phi) is 6.67. The topological polar surface area (TPSA) is 78.8 Å². The third-order valence-electron chi connectivity index (χ3n) is 10.6. The summed E-state index contributed by atoms with van der Waals surface area (Å²) < 4.78 is 4.99. The number of amides is 1. The van der Waals surface area contributed by atoms with Crippen LogP contribution in [0.4, 0.5) is 4.79 Å². The Balaban J connectivity index is 1.45. The van der Waals surface area contributed by atoms with Crippen LogP contribution in [0, 0.1) is 46.3 Å². The van der Waals surface area contributed by atoms with Crippen molar-refractivity contribution in [1.29, 1.82) is 0 Å². The highest BCUT2D eigenvalue weighted by molar-refractivity contribution is 5.66. The molecule has 0 aromatic heterocycles. The van der Waals surface area contributed by atoms with Gasteiger partial charge in [-0.2, -0.15) is 0 Å². The molecular formula is C26H45NO4. The molecule has 0 aromatic rings. The summed E-state index contributed by atoms with van der Waals surface area (Å²) in [6.45, 7) is 10.3. The van der Waals surface area contributed by atoms with Gasteiger partial charge >= 0.3 is 6.09 Å². The lowest BCUT2D eigenvalue weighted by Crippen LogP contribution is -2.58. The van der Waals surface area contributed by atoms with Crippen LogP contribution in [0.1, 0.15) is 85.5 Å². The third-order valence-corrected chi connectivity index (χ3v) is 10.6. The van der Waals surface area contributed by atoms with Gasteiger partial charge < -0.3 is 20.3 Å². The maximum absolute atomic E-state index is 11.6. The number of alkyl carbamates (subject to hydrolysis) is 1. The largest absolute Gasteiger partial charge is 0.450 e. The standard InChI is InChI=1S/C26H45NO4/c1-5-31-24(30)27-13-10-16(2)19-6-7-20-23-21(9-12-26(19,20)4)25(3)11-8-18(28)14-17(25)15-22(23)29/h16-23,28-29H,5-15H2,1-4H3,(H,27,30)/t16-,17?,18-,19?,20?,21?,22-,23?,25+,26-/m1/s1. The first kappa shape index (κ1) is 23.4. The van der Waals surface area contributed by atoms with Crippen LogP contribution in [-0.2, 0) is 4.74 Å². The lowest BCUT2D eigenvalue weighted by molar-refractivity contribution is -0.174. The average Bonchev–Trinajstić information content (AvgIpc) is 3.06. The fraction of sp³-hybridized carbons (Fsp3) is 0.962. The van der Waals surface area contributed by atoms with Crippen LogP contribution in [0.25, 0.3) is 0 Å². The molecule has 0 aliphatic heterocycles. The van der Waals surface area contributed by atoms with Crippen LogP contribution >= 0.6 is 0 Å². The first-order chi connectivity index (χ1) is 14.7. The van der Waals surface area contributed by atoms with Gasteiger partial charge in [0.1, 0.15) is 0 Å². The SMILES string of the molecule is CCOC(=O)NCC[C@@H](C)C1CCC2C3C(CC[C@@]21C)[C@@]1(C)CC[C@@H](O)CC1C[C@H]3O. The van der Waals surface area contributed by atoms with Crippen molar-refractivity contribution in [2.45, 2.75) is 97.7 Å². The Labute approximate surface area is 188 Å². The first-order valence-corrected chi connectivity index (χ1v) is 13.0. The molecule has 10 atom stereocenters. The van der Waals surface area contributed by atoms with E-state index in [2.05, 4.69) is 26.1 Å². The van der Waals surface area contributed by atoms with E-state index in [1.165, 1.54) is 25.7 Å². The number of fused-ring (bicyclic) bond motifs is 5. The molecule has 178 valence electrons. The molecule has 4 aliphatic rings. The minimum absolute atomic E-state index is 0.171. The van der Waals surface area contributed by atoms with E-state index in [-0.39, 0.29) is 23.7 Å². The van der Waals surface area contributed by atoms with Crippen molar-refractivity contribution in [3.8, 4) is 0 Å². The molecule has 4 fully saturated rings. The van der Waals surface area contributed by atoms with Gasteiger partial charge in [0, 0.05) is 6.54 Å². The summed E-state index contributed by atoms with van der Waals surface area (Å²) in [6.07, 6.45) is 9.08. The normalized spacial score (nSPS) is 47.6. The van der Waals surface area contributed by atoms with Crippen molar-refractivity contribution >= 4 is 6.09 Å². The zero-order valence-corrected chi connectivity index (χ0v) is 20.1. The fourth-order valence-corrected chi connectivity index (χ4v) is 8.96. The molecule has 5 heteroatoms. The Morgan fingerprint density at radius 3 is 2.52 bits per heavy atom. The van der Waals surface area contributed by atoms with E-state index >= 15 is 0 Å². The second-order valence-corrected chi connectivity index (χ2v) is 11.9. The van der Waals surface area contributed by atoms with Crippen molar-refractivity contribution in [2.24, 2.45) is 46.3 Å². The number of hydrogen-bond donors (Lipinski definition) is 3. The molecule has 5 unspecified atom stereocenters. The van der Waals surface area contributed by atoms with Crippen LogP contribution in [0.3, 0.4) is 0 Å². The molecule has 0 saturated heterocycles. The van der Waals surface area contributed by atoms with Gasteiger partial charge in [0.15, 0.2) is 0 Å². The van der Waals surface area contributed by atoms with E-state index in [4.69, 9.17) is 4.74 Å². The summed E-state index contributed by atoms with van der Waals surface area (Å²) in [4.78, 5) is 11.6. The summed E-state index contributed by atoms with van der Waals surface area (Å²) in [6, 6.07) is 0. The quantitative estimate of drug-likeness (QED) is 0.582. The Hall–Kier alpha value is -0.810. The van der Waals surface area contributed by atoms with Crippen LogP contribution in [-0.4, -0.2) is 41.7 Å². The van der Waals surface area contributed by atoms with Crippen molar-refractivity contribution in [3.63, 3.8) is 0 Å². The maximum atomic E-state index is 11.6. The highest BCUT2D eigenvalue weighted by Crippen LogP contribution is 2.68. The number of aliphatic hydroxyl groups excluding tert-OH is 2. The van der Waals surface area contributed by atoms with Crippen LogP contribution in [0.5, 0.6) is 0 Å². The third kappa shape index (κ3) is 4.03. The number of hydrogen-bond acceptors (Lipinski definition) is 4. The van der Waals surface area contributed by atoms with Gasteiger partial charge in [0.25, 0.3) is 0 Å². The van der Waals surface area contributed by atoms with Crippen LogP contribution < -0.4 is 5.32 Å². The number of aliphatic hydroxyl groups is 2. The molecule has 4 saturated carbocycles. The van der Waals surface area contributed by atoms with Gasteiger partial charge in [0.05, 0.1) is 18.8 Å². The van der Waals surface area contributed by atoms with Crippen molar-refractivity contribution < 1.29 is 19.7 Å². The molecule has 1 amide bonds. The van der Waals surface area contributed by atoms with Crippen molar-refractivity contribution in [3.05, 3.63) is 0 Å². The highest BCUT2D eigenvalue weighted by Gasteiger charge is 2.62. The van der Waals surface area contributed by atoms with Gasteiger partial charge in [-0.25, -0.2) is 4.79 Å². The molecule has 5 nitrogen and oxygen atoms in total. The Bertz CT molecular complexity index is 655. The molecule has 0 heterocycles.